The fraction of sp³-hybridized carbons (Fsp3) is 0.556. The number of carbonyl (C=O) groups excluding carboxylic acids is 4. The van der Waals surface area contributed by atoms with E-state index in [9.17, 15) is 19.2 Å². The number of nitrogens with zero attached hydrogens (tertiary/aromatic N) is 2. The predicted molar refractivity (Wildman–Crippen MR) is 132 cm³/mol. The quantitative estimate of drug-likeness (QED) is 0.386. The Bertz CT molecular complexity index is 932. The maximum Gasteiger partial charge on any atom is 0.243 e. The summed E-state index contributed by atoms with van der Waals surface area (Å²) in [6.07, 6.45) is 6.23. The molecule has 4 atom stereocenters. The maximum absolute atomic E-state index is 13.5. The molecule has 0 bridgehead atoms. The lowest BCUT2D eigenvalue weighted by molar-refractivity contribution is -0.144. The zero-order valence-corrected chi connectivity index (χ0v) is 21.2. The Morgan fingerprint density at radius 2 is 1.66 bits per heavy atom. The normalized spacial score (nSPS) is 20.9. The van der Waals surface area contributed by atoms with Crippen LogP contribution >= 0.6 is 0 Å². The van der Waals surface area contributed by atoms with Crippen molar-refractivity contribution in [2.75, 3.05) is 13.7 Å². The van der Waals surface area contributed by atoms with Crippen molar-refractivity contribution in [2.24, 2.45) is 11.8 Å². The van der Waals surface area contributed by atoms with E-state index in [-0.39, 0.29) is 61.0 Å². The van der Waals surface area contributed by atoms with Crippen molar-refractivity contribution in [3.8, 4) is 5.75 Å². The molecule has 35 heavy (non-hydrogen) atoms. The highest BCUT2D eigenvalue weighted by atomic mass is 16.5. The third-order valence-electron chi connectivity index (χ3n) is 7.05. The van der Waals surface area contributed by atoms with E-state index in [2.05, 4.69) is 5.32 Å². The minimum atomic E-state index is -0.657. The summed E-state index contributed by atoms with van der Waals surface area (Å²) in [5.41, 5.74) is 0.861. The Labute approximate surface area is 207 Å². The maximum atomic E-state index is 13.5. The molecule has 2 aliphatic rings. The molecular formula is C27H37N3O5. The highest BCUT2D eigenvalue weighted by molar-refractivity contribution is 6.05. The van der Waals surface area contributed by atoms with Gasteiger partial charge in [-0.1, -0.05) is 38.1 Å². The molecule has 1 saturated heterocycles. The molecule has 1 fully saturated rings. The van der Waals surface area contributed by atoms with Crippen molar-refractivity contribution in [1.82, 2.24) is 15.1 Å². The van der Waals surface area contributed by atoms with E-state index >= 15 is 0 Å². The molecule has 8 nitrogen and oxygen atoms in total. The minimum absolute atomic E-state index is 0.00807. The average Bonchev–Trinajstić information content (AvgIpc) is 3.12. The smallest absolute Gasteiger partial charge is 0.243 e. The molecule has 0 radical (unpaired) electrons. The standard InChI is InChI=1S/C27H37N3O5/c1-5-18(3)28-25(32)23(6-2)30(17-19-11-13-20(35-4)14-12-19)24(31)15-16-29-26(33)21-9-7-8-10-22(21)27(29)34/h7-8,11-14,18,21-23H,5-6,9-10,15-17H2,1-4H3,(H,28,32)/t18?,21-,22+,23?. The van der Waals surface area contributed by atoms with E-state index in [0.29, 0.717) is 25.0 Å². The van der Waals surface area contributed by atoms with Gasteiger partial charge in [-0.15, -0.1) is 0 Å². The number of hydrogen-bond acceptors (Lipinski definition) is 5. The summed E-state index contributed by atoms with van der Waals surface area (Å²) in [4.78, 5) is 55.0. The van der Waals surface area contributed by atoms with Crippen LogP contribution in [0.3, 0.4) is 0 Å². The van der Waals surface area contributed by atoms with E-state index in [1.165, 1.54) is 4.90 Å². The summed E-state index contributed by atoms with van der Waals surface area (Å²) in [6, 6.07) is 6.69. The number of likely N-dealkylation sites (tertiary alicyclic amines) is 1. The van der Waals surface area contributed by atoms with Crippen LogP contribution in [0.5, 0.6) is 5.75 Å². The van der Waals surface area contributed by atoms with Crippen LogP contribution in [0.1, 0.15) is 58.4 Å². The molecule has 0 spiro atoms. The van der Waals surface area contributed by atoms with Gasteiger partial charge in [-0.25, -0.2) is 0 Å². The number of amides is 4. The van der Waals surface area contributed by atoms with Gasteiger partial charge in [0.05, 0.1) is 18.9 Å². The zero-order valence-electron chi connectivity index (χ0n) is 21.2. The topological polar surface area (TPSA) is 96.0 Å². The number of hydrogen-bond donors (Lipinski definition) is 1. The monoisotopic (exact) mass is 483 g/mol. The first-order valence-electron chi connectivity index (χ1n) is 12.5. The molecule has 1 aliphatic heterocycles. The Morgan fingerprint density at radius 3 is 2.17 bits per heavy atom. The Balaban J connectivity index is 1.76. The summed E-state index contributed by atoms with van der Waals surface area (Å²) in [5, 5.41) is 2.99. The number of imide groups is 1. The molecule has 3 rings (SSSR count). The van der Waals surface area contributed by atoms with Crippen LogP contribution in [0, 0.1) is 11.8 Å². The SMILES string of the molecule is CCC(C)NC(=O)C(CC)N(Cc1ccc(OC)cc1)C(=O)CCN1C(=O)[C@H]2CC=CC[C@H]2C1=O. The van der Waals surface area contributed by atoms with Crippen LogP contribution in [0.15, 0.2) is 36.4 Å². The van der Waals surface area contributed by atoms with Gasteiger partial charge in [0.1, 0.15) is 11.8 Å². The van der Waals surface area contributed by atoms with E-state index in [1.807, 2.05) is 57.2 Å². The largest absolute Gasteiger partial charge is 0.497 e. The number of fused-ring (bicyclic) bond motifs is 1. The van der Waals surface area contributed by atoms with Crippen molar-refractivity contribution in [2.45, 2.75) is 71.5 Å². The highest BCUT2D eigenvalue weighted by Gasteiger charge is 2.47. The van der Waals surface area contributed by atoms with Gasteiger partial charge < -0.3 is 15.0 Å². The second-order valence-corrected chi connectivity index (χ2v) is 9.35. The van der Waals surface area contributed by atoms with Crippen molar-refractivity contribution < 1.29 is 23.9 Å². The third-order valence-corrected chi connectivity index (χ3v) is 7.05. The van der Waals surface area contributed by atoms with Crippen LogP contribution in [0.25, 0.3) is 0 Å². The van der Waals surface area contributed by atoms with E-state index in [0.717, 1.165) is 12.0 Å². The van der Waals surface area contributed by atoms with Gasteiger partial charge in [0.2, 0.25) is 23.6 Å². The van der Waals surface area contributed by atoms with Gasteiger partial charge in [-0.3, -0.25) is 24.1 Å². The second kappa shape index (κ2) is 12.0. The molecule has 4 amide bonds. The van der Waals surface area contributed by atoms with E-state index in [1.54, 1.807) is 12.0 Å². The number of benzene rings is 1. The summed E-state index contributed by atoms with van der Waals surface area (Å²) in [5.74, 6) is -0.781. The Kier molecular flexibility index (Phi) is 9.07. The van der Waals surface area contributed by atoms with Gasteiger partial charge in [0, 0.05) is 25.6 Å². The van der Waals surface area contributed by atoms with Crippen LogP contribution < -0.4 is 10.1 Å². The molecule has 190 valence electrons. The number of ether oxygens (including phenoxy) is 1. The Morgan fingerprint density at radius 1 is 1.06 bits per heavy atom. The molecule has 1 aromatic rings. The molecule has 1 heterocycles. The lowest BCUT2D eigenvalue weighted by Gasteiger charge is -2.32. The number of methoxy groups -OCH3 is 1. The summed E-state index contributed by atoms with van der Waals surface area (Å²) in [6.45, 7) is 6.07. The van der Waals surface area contributed by atoms with Crippen molar-refractivity contribution in [3.63, 3.8) is 0 Å². The second-order valence-electron chi connectivity index (χ2n) is 9.35. The van der Waals surface area contributed by atoms with Crippen LogP contribution in [-0.2, 0) is 25.7 Å². The first-order chi connectivity index (χ1) is 16.8. The molecule has 1 aliphatic carbocycles. The summed E-state index contributed by atoms with van der Waals surface area (Å²) >= 11 is 0. The van der Waals surface area contributed by atoms with Crippen molar-refractivity contribution in [3.05, 3.63) is 42.0 Å². The summed E-state index contributed by atoms with van der Waals surface area (Å²) < 4.78 is 5.22. The van der Waals surface area contributed by atoms with Gasteiger partial charge in [-0.05, 0) is 50.3 Å². The lowest BCUT2D eigenvalue weighted by atomic mass is 9.85. The first-order valence-corrected chi connectivity index (χ1v) is 12.5. The van der Waals surface area contributed by atoms with Crippen LogP contribution in [-0.4, -0.2) is 59.2 Å². The van der Waals surface area contributed by atoms with Gasteiger partial charge >= 0.3 is 0 Å². The number of nitrogens with one attached hydrogen (secondary N) is 1. The van der Waals surface area contributed by atoms with E-state index < -0.39 is 6.04 Å². The van der Waals surface area contributed by atoms with Gasteiger partial charge in [0.15, 0.2) is 0 Å². The van der Waals surface area contributed by atoms with Crippen molar-refractivity contribution >= 4 is 23.6 Å². The molecule has 0 saturated carbocycles. The Hall–Kier alpha value is -3.16. The fourth-order valence-corrected chi connectivity index (χ4v) is 4.73. The van der Waals surface area contributed by atoms with Crippen molar-refractivity contribution in [1.29, 1.82) is 0 Å². The minimum Gasteiger partial charge on any atom is -0.497 e. The number of allylic oxidation sites excluding steroid dienone is 2. The highest BCUT2D eigenvalue weighted by Crippen LogP contribution is 2.35. The zero-order chi connectivity index (χ0) is 25.5. The average molecular weight is 484 g/mol. The van der Waals surface area contributed by atoms with Crippen LogP contribution in [0.4, 0.5) is 0 Å². The number of rotatable bonds is 11. The van der Waals surface area contributed by atoms with Gasteiger partial charge in [-0.2, -0.15) is 0 Å². The molecular weight excluding hydrogens is 446 g/mol. The van der Waals surface area contributed by atoms with Gasteiger partial charge in [0.25, 0.3) is 0 Å². The third kappa shape index (κ3) is 6.10. The number of carbonyl (C=O) groups is 4. The molecule has 1 N–H and O–H groups in total. The molecule has 8 heteroatoms. The predicted octanol–water partition coefficient (Wildman–Crippen LogP) is 3.06. The molecule has 1 aromatic carbocycles. The molecule has 2 unspecified atom stereocenters. The lowest BCUT2D eigenvalue weighted by Crippen LogP contribution is -2.51. The van der Waals surface area contributed by atoms with E-state index in [4.69, 9.17) is 4.74 Å². The molecule has 0 aromatic heterocycles. The first kappa shape index (κ1) is 26.4. The van der Waals surface area contributed by atoms with Crippen LogP contribution in [0.2, 0.25) is 0 Å². The summed E-state index contributed by atoms with van der Waals surface area (Å²) in [7, 11) is 1.59. The fourth-order valence-electron chi connectivity index (χ4n) is 4.73.